The number of hydrogen-bond acceptors (Lipinski definition) is 6. The van der Waals surface area contributed by atoms with Crippen LogP contribution < -0.4 is 14.2 Å². The topological polar surface area (TPSA) is 79.7 Å². The largest absolute Gasteiger partial charge is 0.573 e. The summed E-state index contributed by atoms with van der Waals surface area (Å²) >= 11 is 0. The average molecular weight is 392 g/mol. The first-order chi connectivity index (χ1) is 11.9. The predicted octanol–water partition coefficient (Wildman–Crippen LogP) is 2.42. The van der Waals surface area contributed by atoms with Gasteiger partial charge in [-0.3, -0.25) is 4.57 Å². The van der Waals surface area contributed by atoms with Gasteiger partial charge in [0.15, 0.2) is 20.5 Å². The third kappa shape index (κ3) is 4.21. The molecule has 0 amide bonds. The van der Waals surface area contributed by atoms with E-state index in [2.05, 4.69) is 9.72 Å². The van der Waals surface area contributed by atoms with Crippen LogP contribution in [-0.2, 0) is 16.4 Å². The van der Waals surface area contributed by atoms with Crippen LogP contribution in [0.3, 0.4) is 0 Å². The Labute approximate surface area is 147 Å². The number of ether oxygens (including phenoxy) is 3. The number of fused-ring (bicyclic) bond motifs is 1. The summed E-state index contributed by atoms with van der Waals surface area (Å²) in [7, 11) is -3.43. The molecule has 0 saturated heterocycles. The van der Waals surface area contributed by atoms with Crippen LogP contribution in [0.2, 0.25) is 0 Å². The third-order valence-electron chi connectivity index (χ3n) is 3.54. The van der Waals surface area contributed by atoms with E-state index < -0.39 is 21.8 Å². The summed E-state index contributed by atoms with van der Waals surface area (Å²) in [5.74, 6) is -0.00710. The lowest BCUT2D eigenvalue weighted by molar-refractivity contribution is -0.274. The molecule has 2 aromatic rings. The maximum Gasteiger partial charge on any atom is 0.573 e. The molecule has 0 bridgehead atoms. The van der Waals surface area contributed by atoms with Crippen molar-refractivity contribution in [3.8, 4) is 17.5 Å². The summed E-state index contributed by atoms with van der Waals surface area (Å²) < 4.78 is 75.9. The summed E-state index contributed by atoms with van der Waals surface area (Å²) in [4.78, 5) is 3.93. The first-order valence-corrected chi connectivity index (χ1v) is 9.28. The number of alkyl halides is 3. The molecule has 0 N–H and O–H groups in total. The zero-order valence-electron chi connectivity index (χ0n) is 13.8. The Kier molecular flexibility index (Phi) is 4.29. The molecule has 7 nitrogen and oxygen atoms in total. The molecule has 0 radical (unpaired) electrons. The fraction of sp³-hybridized carbons (Fsp3) is 0.400. The van der Waals surface area contributed by atoms with Crippen molar-refractivity contribution in [3.63, 3.8) is 0 Å². The number of hydrogen-bond donors (Lipinski definition) is 0. The van der Waals surface area contributed by atoms with Gasteiger partial charge in [0.1, 0.15) is 18.1 Å². The van der Waals surface area contributed by atoms with Gasteiger partial charge in [0.25, 0.3) is 6.01 Å². The minimum atomic E-state index is -4.75. The van der Waals surface area contributed by atoms with E-state index in [0.29, 0.717) is 12.3 Å². The van der Waals surface area contributed by atoms with Crippen LogP contribution in [0.5, 0.6) is 17.5 Å². The summed E-state index contributed by atoms with van der Waals surface area (Å²) in [6, 6.07) is 5.15. The molecular formula is C15H15F3N2O5S. The van der Waals surface area contributed by atoms with E-state index in [1.807, 2.05) is 0 Å². The fourth-order valence-electron chi connectivity index (χ4n) is 2.41. The van der Waals surface area contributed by atoms with Crippen LogP contribution >= 0.6 is 0 Å². The fourth-order valence-corrected chi connectivity index (χ4v) is 2.97. The monoisotopic (exact) mass is 392 g/mol. The van der Waals surface area contributed by atoms with Gasteiger partial charge in [-0.25, -0.2) is 8.42 Å². The number of imidazole rings is 1. The van der Waals surface area contributed by atoms with Crippen molar-refractivity contribution in [1.82, 2.24) is 9.55 Å². The maximum absolute atomic E-state index is 12.1. The van der Waals surface area contributed by atoms with Gasteiger partial charge < -0.3 is 14.2 Å². The Hall–Kier alpha value is -2.43. The Morgan fingerprint density at radius 3 is 2.42 bits per heavy atom. The van der Waals surface area contributed by atoms with E-state index in [1.54, 1.807) is 11.5 Å². The van der Waals surface area contributed by atoms with Gasteiger partial charge in [0, 0.05) is 12.5 Å². The highest BCUT2D eigenvalue weighted by molar-refractivity contribution is 7.90. The van der Waals surface area contributed by atoms with Crippen molar-refractivity contribution in [2.24, 2.45) is 0 Å². The molecule has 0 fully saturated rings. The van der Waals surface area contributed by atoms with Crippen molar-refractivity contribution < 1.29 is 35.8 Å². The standard InChI is InChI=1S/C15H15F3N2O5S/c1-14(8-20-7-12(26(2,21)22)19-13(20)25-14)9-23-10-3-5-11(6-4-10)24-15(16,17)18/h3-7H,8-9H2,1-2H3. The van der Waals surface area contributed by atoms with Crippen molar-refractivity contribution in [2.45, 2.75) is 30.5 Å². The number of aromatic nitrogens is 2. The lowest BCUT2D eigenvalue weighted by Crippen LogP contribution is -2.38. The lowest BCUT2D eigenvalue weighted by atomic mass is 10.1. The van der Waals surface area contributed by atoms with E-state index in [4.69, 9.17) is 9.47 Å². The Morgan fingerprint density at radius 1 is 1.27 bits per heavy atom. The molecule has 1 aromatic heterocycles. The van der Waals surface area contributed by atoms with Gasteiger partial charge >= 0.3 is 6.36 Å². The summed E-state index contributed by atoms with van der Waals surface area (Å²) in [6.07, 6.45) is -2.31. The molecule has 1 aliphatic rings. The highest BCUT2D eigenvalue weighted by Gasteiger charge is 2.38. The molecule has 0 saturated carbocycles. The third-order valence-corrected chi connectivity index (χ3v) is 4.50. The molecule has 11 heteroatoms. The molecule has 1 aromatic carbocycles. The van der Waals surface area contributed by atoms with Gasteiger partial charge in [-0.2, -0.15) is 4.98 Å². The Morgan fingerprint density at radius 2 is 1.88 bits per heavy atom. The molecule has 1 aliphatic heterocycles. The van der Waals surface area contributed by atoms with Crippen LogP contribution in [0.25, 0.3) is 0 Å². The normalized spacial score (nSPS) is 19.7. The second-order valence-electron chi connectivity index (χ2n) is 6.12. The van der Waals surface area contributed by atoms with Crippen molar-refractivity contribution in [3.05, 3.63) is 30.5 Å². The van der Waals surface area contributed by atoms with Gasteiger partial charge in [-0.05, 0) is 31.2 Å². The van der Waals surface area contributed by atoms with Gasteiger partial charge in [0.2, 0.25) is 0 Å². The van der Waals surface area contributed by atoms with Crippen molar-refractivity contribution >= 4 is 9.84 Å². The number of nitrogens with zero attached hydrogens (tertiary/aromatic N) is 2. The highest BCUT2D eigenvalue weighted by Crippen LogP contribution is 2.31. The van der Waals surface area contributed by atoms with Crippen LogP contribution in [-0.4, -0.2) is 42.8 Å². The number of rotatable bonds is 5. The predicted molar refractivity (Wildman–Crippen MR) is 83.0 cm³/mol. The molecule has 0 aliphatic carbocycles. The maximum atomic E-state index is 12.1. The molecule has 1 atom stereocenters. The number of sulfone groups is 1. The Balaban J connectivity index is 1.60. The van der Waals surface area contributed by atoms with Gasteiger partial charge in [-0.15, -0.1) is 13.2 Å². The average Bonchev–Trinajstić information content (AvgIpc) is 3.00. The summed E-state index contributed by atoms with van der Waals surface area (Å²) in [5.41, 5.74) is -0.792. The quantitative estimate of drug-likeness (QED) is 0.778. The van der Waals surface area contributed by atoms with Gasteiger partial charge in [0.05, 0.1) is 6.54 Å². The van der Waals surface area contributed by atoms with E-state index in [-0.39, 0.29) is 23.4 Å². The number of benzene rings is 1. The molecule has 26 heavy (non-hydrogen) atoms. The molecule has 142 valence electrons. The van der Waals surface area contributed by atoms with E-state index in [9.17, 15) is 21.6 Å². The van der Waals surface area contributed by atoms with Crippen LogP contribution in [0, 0.1) is 0 Å². The highest BCUT2D eigenvalue weighted by atomic mass is 32.2. The van der Waals surface area contributed by atoms with Crippen molar-refractivity contribution in [2.75, 3.05) is 12.9 Å². The van der Waals surface area contributed by atoms with E-state index >= 15 is 0 Å². The summed E-state index contributed by atoms with van der Waals surface area (Å²) in [6.45, 7) is 2.16. The van der Waals surface area contributed by atoms with Gasteiger partial charge in [-0.1, -0.05) is 0 Å². The summed E-state index contributed by atoms with van der Waals surface area (Å²) in [5, 5.41) is -0.0734. The first-order valence-electron chi connectivity index (χ1n) is 7.38. The first kappa shape index (κ1) is 18.4. The van der Waals surface area contributed by atoms with Crippen LogP contribution in [0.15, 0.2) is 35.5 Å². The van der Waals surface area contributed by atoms with Crippen LogP contribution in [0.1, 0.15) is 6.92 Å². The minimum Gasteiger partial charge on any atom is -0.489 e. The Bertz CT molecular complexity index is 883. The zero-order valence-corrected chi connectivity index (χ0v) is 14.6. The SMILES string of the molecule is CC1(COc2ccc(OC(F)(F)F)cc2)Cn2cc(S(C)(=O)=O)nc2O1. The second kappa shape index (κ2) is 6.08. The van der Waals surface area contributed by atoms with Crippen molar-refractivity contribution in [1.29, 1.82) is 0 Å². The lowest BCUT2D eigenvalue weighted by Gasteiger charge is -2.23. The van der Waals surface area contributed by atoms with E-state index in [1.165, 1.54) is 18.3 Å². The zero-order chi connectivity index (χ0) is 19.2. The molecule has 0 spiro atoms. The molecular weight excluding hydrogens is 377 g/mol. The van der Waals surface area contributed by atoms with E-state index in [0.717, 1.165) is 18.4 Å². The minimum absolute atomic E-state index is 0.0734. The molecule has 3 rings (SSSR count). The molecule has 2 heterocycles. The molecule has 1 unspecified atom stereocenters. The number of halogens is 3. The smallest absolute Gasteiger partial charge is 0.489 e. The van der Waals surface area contributed by atoms with Crippen LogP contribution in [0.4, 0.5) is 13.2 Å². The second-order valence-corrected chi connectivity index (χ2v) is 8.08.